The van der Waals surface area contributed by atoms with E-state index in [0.717, 1.165) is 0 Å². The fourth-order valence-corrected chi connectivity index (χ4v) is 4.27. The molecule has 0 saturated heterocycles. The van der Waals surface area contributed by atoms with E-state index in [1.165, 1.54) is 4.90 Å². The minimum Gasteiger partial charge on any atom is -0.481 e. The second-order valence-electron chi connectivity index (χ2n) is 10.4. The Hall–Kier alpha value is -3.26. The SMILES string of the molecule is O=C(O)CC[C@H](NC(=O)CCCNC(=O)COCCOCCNC(=O)CCCNC(=O)CBr)C(=O)N(CCNC(=O)CCl)CCNC(=O)CCl. The van der Waals surface area contributed by atoms with Gasteiger partial charge < -0.3 is 51.4 Å². The van der Waals surface area contributed by atoms with Crippen LogP contribution >= 0.6 is 39.1 Å². The van der Waals surface area contributed by atoms with Crippen LogP contribution in [0.25, 0.3) is 0 Å². The fraction of sp³-hybridized carbons (Fsp3) is 0.724. The summed E-state index contributed by atoms with van der Waals surface area (Å²) in [6.07, 6.45) is 0.323. The van der Waals surface area contributed by atoms with Crippen molar-refractivity contribution >= 4 is 86.5 Å². The third-order valence-electron chi connectivity index (χ3n) is 6.34. The van der Waals surface area contributed by atoms with Gasteiger partial charge in [-0.2, -0.15) is 0 Å². The number of nitrogens with one attached hydrogen (secondary N) is 6. The van der Waals surface area contributed by atoms with E-state index in [4.69, 9.17) is 37.8 Å². The van der Waals surface area contributed by atoms with E-state index in [0.29, 0.717) is 19.5 Å². The third kappa shape index (κ3) is 26.6. The van der Waals surface area contributed by atoms with E-state index in [1.54, 1.807) is 0 Å². The number of carboxylic acids is 1. The molecule has 0 aliphatic heterocycles. The quantitative estimate of drug-likeness (QED) is 0.0315. The van der Waals surface area contributed by atoms with Crippen molar-refractivity contribution in [3.8, 4) is 0 Å². The lowest BCUT2D eigenvalue weighted by atomic mass is 10.1. The maximum Gasteiger partial charge on any atom is 0.303 e. The van der Waals surface area contributed by atoms with Gasteiger partial charge in [0.25, 0.3) is 0 Å². The first-order chi connectivity index (χ1) is 23.9. The Labute approximate surface area is 309 Å². The lowest BCUT2D eigenvalue weighted by Gasteiger charge is -2.28. The summed E-state index contributed by atoms with van der Waals surface area (Å²) in [4.78, 5) is 96.3. The van der Waals surface area contributed by atoms with Gasteiger partial charge in [0.15, 0.2) is 0 Å². The first kappa shape index (κ1) is 46.7. The average molecular weight is 822 g/mol. The van der Waals surface area contributed by atoms with Crippen LogP contribution in [-0.2, 0) is 47.8 Å². The van der Waals surface area contributed by atoms with Crippen molar-refractivity contribution in [2.45, 2.75) is 44.6 Å². The van der Waals surface area contributed by atoms with Crippen molar-refractivity contribution < 1.29 is 52.9 Å². The van der Waals surface area contributed by atoms with Crippen LogP contribution in [-0.4, -0.2) is 153 Å². The van der Waals surface area contributed by atoms with Crippen molar-refractivity contribution in [3.63, 3.8) is 0 Å². The van der Waals surface area contributed by atoms with Crippen LogP contribution in [0.4, 0.5) is 0 Å². The molecule has 18 nitrogen and oxygen atoms in total. The number of amides is 7. The second kappa shape index (κ2) is 30.6. The molecule has 0 unspecified atom stereocenters. The molecule has 0 saturated carbocycles. The van der Waals surface area contributed by atoms with E-state index in [2.05, 4.69) is 47.8 Å². The number of hydrogen-bond acceptors (Lipinski definition) is 10. The van der Waals surface area contributed by atoms with E-state index in [-0.39, 0.29) is 114 Å². The second-order valence-corrected chi connectivity index (χ2v) is 11.5. The van der Waals surface area contributed by atoms with Crippen LogP contribution in [0.3, 0.4) is 0 Å². The lowest BCUT2D eigenvalue weighted by molar-refractivity contribution is -0.140. The molecule has 0 fully saturated rings. The molecular formula is C29H48BrCl2N7O11. The molecule has 21 heteroatoms. The Morgan fingerprint density at radius 3 is 1.70 bits per heavy atom. The normalized spacial score (nSPS) is 11.1. The number of carboxylic acid groups (broad SMARTS) is 1. The highest BCUT2D eigenvalue weighted by Gasteiger charge is 2.26. The van der Waals surface area contributed by atoms with Crippen molar-refractivity contribution in [2.24, 2.45) is 0 Å². The third-order valence-corrected chi connectivity index (χ3v) is 7.34. The van der Waals surface area contributed by atoms with Crippen LogP contribution in [0.1, 0.15) is 38.5 Å². The Bertz CT molecular complexity index is 1070. The van der Waals surface area contributed by atoms with Gasteiger partial charge in [-0.1, -0.05) is 15.9 Å². The maximum atomic E-state index is 13.3. The maximum absolute atomic E-state index is 13.3. The molecule has 0 spiro atoms. The fourth-order valence-electron chi connectivity index (χ4n) is 3.89. The minimum atomic E-state index is -1.20. The largest absolute Gasteiger partial charge is 0.481 e. The van der Waals surface area contributed by atoms with Gasteiger partial charge in [0.2, 0.25) is 41.4 Å². The zero-order valence-corrected chi connectivity index (χ0v) is 30.9. The van der Waals surface area contributed by atoms with E-state index in [1.807, 2.05) is 0 Å². The predicted molar refractivity (Wildman–Crippen MR) is 186 cm³/mol. The number of nitrogens with zero attached hydrogens (tertiary/aromatic N) is 1. The van der Waals surface area contributed by atoms with Crippen molar-refractivity contribution in [1.82, 2.24) is 36.8 Å². The van der Waals surface area contributed by atoms with Gasteiger partial charge in [0.05, 0.1) is 25.2 Å². The molecule has 1 atom stereocenters. The van der Waals surface area contributed by atoms with Gasteiger partial charge >= 0.3 is 5.97 Å². The summed E-state index contributed by atoms with van der Waals surface area (Å²) >= 11 is 14.0. The van der Waals surface area contributed by atoms with Crippen molar-refractivity contribution in [3.05, 3.63) is 0 Å². The number of hydrogen-bond donors (Lipinski definition) is 7. The smallest absolute Gasteiger partial charge is 0.303 e. The molecule has 0 bridgehead atoms. The number of carbonyl (C=O) groups is 8. The number of alkyl halides is 3. The molecule has 50 heavy (non-hydrogen) atoms. The summed E-state index contributed by atoms with van der Waals surface area (Å²) in [6, 6.07) is -1.20. The molecule has 0 aromatic rings. The molecule has 0 aromatic carbocycles. The monoisotopic (exact) mass is 819 g/mol. The first-order valence-electron chi connectivity index (χ1n) is 15.9. The van der Waals surface area contributed by atoms with Gasteiger partial charge in [-0.3, -0.25) is 38.4 Å². The standard InChI is InChI=1S/C29H48BrCl2N7O11/c30-17-24(42)33-7-1-3-22(40)37-11-14-49-15-16-50-20-27(45)34-8-2-4-23(41)38-21(5-6-28(46)47)29(48)39(12-9-35-25(43)18-31)13-10-36-26(44)19-32/h21H,1-20H2,(H,33,42)(H,34,45)(H,35,43)(H,36,44)(H,37,40)(H,38,41)(H,46,47)/t21-/m0/s1. The van der Waals surface area contributed by atoms with E-state index in [9.17, 15) is 38.4 Å². The number of carbonyl (C=O) groups excluding carboxylic acids is 7. The Morgan fingerprint density at radius 2 is 1.14 bits per heavy atom. The molecule has 0 rings (SSSR count). The molecule has 7 amide bonds. The molecule has 286 valence electrons. The zero-order chi connectivity index (χ0) is 37.6. The summed E-state index contributed by atoms with van der Waals surface area (Å²) in [7, 11) is 0. The Morgan fingerprint density at radius 1 is 0.620 bits per heavy atom. The number of ether oxygens (including phenoxy) is 2. The molecule has 0 heterocycles. The summed E-state index contributed by atoms with van der Waals surface area (Å²) in [5.74, 6) is -4.54. The summed E-state index contributed by atoms with van der Waals surface area (Å²) in [5.41, 5.74) is 0. The summed E-state index contributed by atoms with van der Waals surface area (Å²) < 4.78 is 10.6. The van der Waals surface area contributed by atoms with Crippen molar-refractivity contribution in [2.75, 3.05) is 89.3 Å². The van der Waals surface area contributed by atoms with Gasteiger partial charge in [0.1, 0.15) is 24.4 Å². The highest BCUT2D eigenvalue weighted by molar-refractivity contribution is 9.09. The molecule has 0 radical (unpaired) electrons. The zero-order valence-electron chi connectivity index (χ0n) is 27.8. The Kier molecular flexibility index (Phi) is 28.6. The van der Waals surface area contributed by atoms with Gasteiger partial charge in [-0.05, 0) is 19.3 Å². The topological polar surface area (TPSA) is 251 Å². The van der Waals surface area contributed by atoms with E-state index >= 15 is 0 Å². The number of aliphatic carboxylic acids is 1. The molecule has 0 aliphatic carbocycles. The summed E-state index contributed by atoms with van der Waals surface area (Å²) in [5, 5.41) is 24.9. The van der Waals surface area contributed by atoms with Crippen molar-refractivity contribution in [1.29, 1.82) is 0 Å². The average Bonchev–Trinajstić information content (AvgIpc) is 3.09. The molecule has 7 N–H and O–H groups in total. The molecular weight excluding hydrogens is 773 g/mol. The van der Waals surface area contributed by atoms with Gasteiger partial charge in [-0.25, -0.2) is 0 Å². The van der Waals surface area contributed by atoms with Crippen LogP contribution in [0, 0.1) is 0 Å². The van der Waals surface area contributed by atoms with Crippen LogP contribution in [0.5, 0.6) is 0 Å². The number of rotatable bonds is 30. The first-order valence-corrected chi connectivity index (χ1v) is 18.1. The van der Waals surface area contributed by atoms with Crippen LogP contribution in [0.2, 0.25) is 0 Å². The van der Waals surface area contributed by atoms with Crippen LogP contribution in [0.15, 0.2) is 0 Å². The van der Waals surface area contributed by atoms with Gasteiger partial charge in [0, 0.05) is 65.1 Å². The summed E-state index contributed by atoms with van der Waals surface area (Å²) in [6.45, 7) is 1.25. The minimum absolute atomic E-state index is 0.00184. The highest BCUT2D eigenvalue weighted by atomic mass is 79.9. The van der Waals surface area contributed by atoms with Crippen LogP contribution < -0.4 is 31.9 Å². The predicted octanol–water partition coefficient (Wildman–Crippen LogP) is -1.79. The lowest BCUT2D eigenvalue weighted by Crippen LogP contribution is -2.52. The van der Waals surface area contributed by atoms with Gasteiger partial charge in [-0.15, -0.1) is 23.2 Å². The molecule has 0 aromatic heterocycles. The highest BCUT2D eigenvalue weighted by Crippen LogP contribution is 2.05. The van der Waals surface area contributed by atoms with E-state index < -0.39 is 48.0 Å². The number of halogens is 3. The Balaban J connectivity index is 4.46. The molecule has 0 aliphatic rings.